The number of aryl methyl sites for hydroxylation is 1. The highest BCUT2D eigenvalue weighted by Crippen LogP contribution is 2.46. The zero-order valence-corrected chi connectivity index (χ0v) is 33.7. The molecule has 0 radical (unpaired) electrons. The van der Waals surface area contributed by atoms with E-state index in [9.17, 15) is 13.2 Å². The number of hydrogen-bond donors (Lipinski definition) is 1. The molecule has 3 aromatic carbocycles. The number of sulfonamides is 1. The van der Waals surface area contributed by atoms with Crippen molar-refractivity contribution in [2.45, 2.75) is 57.1 Å². The second-order valence-electron chi connectivity index (χ2n) is 14.8. The van der Waals surface area contributed by atoms with Gasteiger partial charge in [-0.25, -0.2) is 17.9 Å². The number of hydrogen-bond acceptors (Lipinski definition) is 8. The number of ether oxygens (including phenoxy) is 2. The van der Waals surface area contributed by atoms with Gasteiger partial charge in [0.05, 0.1) is 42.9 Å². The van der Waals surface area contributed by atoms with E-state index in [4.69, 9.17) is 37.7 Å². The highest BCUT2D eigenvalue weighted by atomic mass is 35.5. The van der Waals surface area contributed by atoms with Crippen LogP contribution in [0.15, 0.2) is 70.6 Å². The highest BCUT2D eigenvalue weighted by molar-refractivity contribution is 7.89. The van der Waals surface area contributed by atoms with Crippen molar-refractivity contribution in [3.63, 3.8) is 0 Å². The van der Waals surface area contributed by atoms with E-state index in [1.54, 1.807) is 73.9 Å². The predicted molar refractivity (Wildman–Crippen MR) is 210 cm³/mol. The maximum absolute atomic E-state index is 15.1. The summed E-state index contributed by atoms with van der Waals surface area (Å²) < 4.78 is 42.1. The van der Waals surface area contributed by atoms with Crippen LogP contribution in [-0.2, 0) is 19.6 Å². The van der Waals surface area contributed by atoms with Gasteiger partial charge in [-0.2, -0.15) is 0 Å². The van der Waals surface area contributed by atoms with Crippen LogP contribution in [0.5, 0.6) is 5.75 Å². The Morgan fingerprint density at radius 2 is 1.48 bits per heavy atom. The SMILES string of the molecule is CCOc1cc(C)c(S(=O)(=O)NC(C)(C)C)cc1C1=N[C@@H](c2ccc(Cl)cc2)[C@@H](c2ccc(Cl)cc2)N1C(=O)N1CCN(CC(=O)N2CCOCC2)CC1. The van der Waals surface area contributed by atoms with Crippen molar-refractivity contribution in [1.29, 1.82) is 0 Å². The first-order valence-corrected chi connectivity index (χ1v) is 20.5. The Morgan fingerprint density at radius 1 is 0.889 bits per heavy atom. The molecule has 2 atom stereocenters. The van der Waals surface area contributed by atoms with Crippen LogP contribution in [0.4, 0.5) is 4.79 Å². The minimum absolute atomic E-state index is 0.0511. The Hall–Kier alpha value is -3.72. The number of nitrogens with zero attached hydrogens (tertiary/aromatic N) is 5. The lowest BCUT2D eigenvalue weighted by atomic mass is 9.93. The van der Waals surface area contributed by atoms with Gasteiger partial charge in [-0.05, 0) is 87.7 Å². The molecule has 6 rings (SSSR count). The van der Waals surface area contributed by atoms with Crippen molar-refractivity contribution in [2.24, 2.45) is 4.99 Å². The van der Waals surface area contributed by atoms with Crippen LogP contribution in [0.2, 0.25) is 10.0 Å². The quantitative estimate of drug-likeness (QED) is 0.285. The number of rotatable bonds is 9. The van der Waals surface area contributed by atoms with Crippen LogP contribution in [0, 0.1) is 6.92 Å². The molecule has 3 aliphatic heterocycles. The minimum atomic E-state index is -4.00. The maximum Gasteiger partial charge on any atom is 0.326 e. The van der Waals surface area contributed by atoms with Crippen LogP contribution >= 0.6 is 23.2 Å². The van der Waals surface area contributed by atoms with E-state index in [2.05, 4.69) is 9.62 Å². The van der Waals surface area contributed by atoms with Crippen molar-refractivity contribution >= 4 is 51.0 Å². The summed E-state index contributed by atoms with van der Waals surface area (Å²) >= 11 is 12.7. The highest BCUT2D eigenvalue weighted by Gasteiger charge is 2.45. The summed E-state index contributed by atoms with van der Waals surface area (Å²) in [6.45, 7) is 13.5. The lowest BCUT2D eigenvalue weighted by molar-refractivity contribution is -0.136. The van der Waals surface area contributed by atoms with Gasteiger partial charge in [0.2, 0.25) is 15.9 Å². The number of amidine groups is 1. The van der Waals surface area contributed by atoms with E-state index in [1.165, 1.54) is 0 Å². The molecular weight excluding hydrogens is 751 g/mol. The van der Waals surface area contributed by atoms with E-state index in [-0.39, 0.29) is 29.2 Å². The Bertz CT molecular complexity index is 1970. The summed E-state index contributed by atoms with van der Waals surface area (Å²) in [4.78, 5) is 40.8. The molecular formula is C39H48Cl2N6O6S. The normalized spacial score (nSPS) is 19.9. The number of halogens is 2. The third-order valence-electron chi connectivity index (χ3n) is 9.61. The Morgan fingerprint density at radius 3 is 2.06 bits per heavy atom. The number of urea groups is 1. The van der Waals surface area contributed by atoms with Gasteiger partial charge in [0.25, 0.3) is 0 Å². The van der Waals surface area contributed by atoms with Crippen LogP contribution in [0.3, 0.4) is 0 Å². The number of benzene rings is 3. The Balaban J connectivity index is 1.43. The molecule has 0 saturated carbocycles. The van der Waals surface area contributed by atoms with Crippen LogP contribution in [0.1, 0.15) is 62.0 Å². The minimum Gasteiger partial charge on any atom is -0.493 e. The second-order valence-corrected chi connectivity index (χ2v) is 17.3. The van der Waals surface area contributed by atoms with Gasteiger partial charge in [0, 0.05) is 54.9 Å². The van der Waals surface area contributed by atoms with Gasteiger partial charge in [-0.3, -0.25) is 19.6 Å². The molecule has 3 heterocycles. The molecule has 0 aromatic heterocycles. The second kappa shape index (κ2) is 16.6. The predicted octanol–water partition coefficient (Wildman–Crippen LogP) is 5.92. The van der Waals surface area contributed by atoms with Gasteiger partial charge in [0.1, 0.15) is 17.6 Å². The van der Waals surface area contributed by atoms with E-state index in [0.29, 0.717) is 86.0 Å². The third kappa shape index (κ3) is 9.04. The maximum atomic E-state index is 15.1. The molecule has 0 aliphatic carbocycles. The number of carbonyl (C=O) groups is 2. The molecule has 54 heavy (non-hydrogen) atoms. The monoisotopic (exact) mass is 798 g/mol. The van der Waals surface area contributed by atoms with Crippen LogP contribution in [0.25, 0.3) is 0 Å². The third-order valence-corrected chi connectivity index (χ3v) is 12.0. The van der Waals surface area contributed by atoms with Crippen molar-refractivity contribution in [3.8, 4) is 5.75 Å². The fraction of sp³-hybridized carbons (Fsp3) is 0.462. The first-order chi connectivity index (χ1) is 25.6. The molecule has 3 amide bonds. The average Bonchev–Trinajstić information content (AvgIpc) is 3.52. The molecule has 0 bridgehead atoms. The zero-order valence-electron chi connectivity index (χ0n) is 31.3. The smallest absolute Gasteiger partial charge is 0.326 e. The summed E-state index contributed by atoms with van der Waals surface area (Å²) in [7, 11) is -4.00. The average molecular weight is 800 g/mol. The summed E-state index contributed by atoms with van der Waals surface area (Å²) in [5.74, 6) is 0.731. The van der Waals surface area contributed by atoms with Gasteiger partial charge in [-0.15, -0.1) is 0 Å². The summed E-state index contributed by atoms with van der Waals surface area (Å²) in [6, 6.07) is 16.4. The topological polar surface area (TPSA) is 124 Å². The van der Waals surface area contributed by atoms with E-state index >= 15 is 4.79 Å². The number of piperazine rings is 1. The molecule has 3 aromatic rings. The first-order valence-electron chi connectivity index (χ1n) is 18.2. The fourth-order valence-corrected chi connectivity index (χ4v) is 8.99. The molecule has 12 nitrogen and oxygen atoms in total. The van der Waals surface area contributed by atoms with Crippen molar-refractivity contribution in [3.05, 3.63) is 93.0 Å². The van der Waals surface area contributed by atoms with E-state index < -0.39 is 27.6 Å². The zero-order chi connectivity index (χ0) is 38.8. The molecule has 0 spiro atoms. The van der Waals surface area contributed by atoms with Crippen LogP contribution < -0.4 is 9.46 Å². The van der Waals surface area contributed by atoms with Gasteiger partial charge in [-0.1, -0.05) is 47.5 Å². The molecule has 290 valence electrons. The first kappa shape index (κ1) is 40.0. The van der Waals surface area contributed by atoms with Crippen LogP contribution in [-0.4, -0.2) is 117 Å². The van der Waals surface area contributed by atoms with Crippen molar-refractivity contribution in [1.82, 2.24) is 24.3 Å². The Labute approximate surface area is 328 Å². The standard InChI is InChI=1S/C39H48Cl2N6O6S/c1-6-53-32-23-26(2)33(54(50,51)43-39(3,4)5)24-31(32)37-42-35(27-7-11-29(40)12-8-27)36(28-9-13-30(41)14-10-28)47(37)38(49)46-17-15-44(16-18-46)25-34(48)45-19-21-52-22-20-45/h7-14,23-24,35-36,43H,6,15-22,25H2,1-5H3/t35-,36+/m0/s1. The molecule has 1 N–H and O–H groups in total. The molecule has 15 heteroatoms. The van der Waals surface area contributed by atoms with Crippen molar-refractivity contribution < 1.29 is 27.5 Å². The van der Waals surface area contributed by atoms with Crippen molar-refractivity contribution in [2.75, 3.05) is 65.6 Å². The van der Waals surface area contributed by atoms with E-state index in [0.717, 1.165) is 11.1 Å². The van der Waals surface area contributed by atoms with E-state index in [1.807, 2.05) is 36.1 Å². The summed E-state index contributed by atoms with van der Waals surface area (Å²) in [5.41, 5.74) is 1.71. The molecule has 2 saturated heterocycles. The van der Waals surface area contributed by atoms with Gasteiger partial charge < -0.3 is 19.3 Å². The Kier molecular flexibility index (Phi) is 12.3. The number of aliphatic imine (C=N–C) groups is 1. The number of amides is 3. The molecule has 2 fully saturated rings. The lowest BCUT2D eigenvalue weighted by Gasteiger charge is -2.39. The lowest BCUT2D eigenvalue weighted by Crippen LogP contribution is -2.56. The number of carbonyl (C=O) groups excluding carboxylic acids is 2. The fourth-order valence-electron chi connectivity index (χ4n) is 7.07. The largest absolute Gasteiger partial charge is 0.493 e. The molecule has 0 unspecified atom stereocenters. The number of nitrogens with one attached hydrogen (secondary N) is 1. The summed E-state index contributed by atoms with van der Waals surface area (Å²) in [6.07, 6.45) is 0. The number of morpholine rings is 1. The summed E-state index contributed by atoms with van der Waals surface area (Å²) in [5, 5.41) is 1.10. The van der Waals surface area contributed by atoms with Gasteiger partial charge in [0.15, 0.2) is 0 Å². The molecule has 3 aliphatic rings. The van der Waals surface area contributed by atoms with Gasteiger partial charge >= 0.3 is 6.03 Å².